The molecule has 0 aromatic carbocycles. The van der Waals surface area contributed by atoms with Crippen LogP contribution in [0.1, 0.15) is 44.9 Å². The highest BCUT2D eigenvalue weighted by Crippen LogP contribution is 2.13. The van der Waals surface area contributed by atoms with E-state index in [1.54, 1.807) is 0 Å². The fourth-order valence-electron chi connectivity index (χ4n) is 3.09. The molecule has 0 saturated carbocycles. The van der Waals surface area contributed by atoms with Crippen molar-refractivity contribution in [3.63, 3.8) is 0 Å². The van der Waals surface area contributed by atoms with Crippen LogP contribution in [0.5, 0.6) is 0 Å². The van der Waals surface area contributed by atoms with Gasteiger partial charge in [-0.15, -0.1) is 10.2 Å². The van der Waals surface area contributed by atoms with Gasteiger partial charge in [0.2, 0.25) is 0 Å². The van der Waals surface area contributed by atoms with E-state index in [2.05, 4.69) is 27.8 Å². The van der Waals surface area contributed by atoms with Gasteiger partial charge in [-0.05, 0) is 44.9 Å². The van der Waals surface area contributed by atoms with Crippen LogP contribution in [0.15, 0.2) is 24.4 Å². The van der Waals surface area contributed by atoms with E-state index in [9.17, 15) is 0 Å². The summed E-state index contributed by atoms with van der Waals surface area (Å²) in [5.41, 5.74) is 0.910. The van der Waals surface area contributed by atoms with Crippen LogP contribution < -0.4 is 10.6 Å². The van der Waals surface area contributed by atoms with Crippen molar-refractivity contribution in [3.8, 4) is 0 Å². The fourth-order valence-corrected chi connectivity index (χ4v) is 3.09. The maximum Gasteiger partial charge on any atom is 0.160 e. The SMILES string of the molecule is CC(CC1CCCCCN1)NCc1nnc2ccccn12. The second kappa shape index (κ2) is 7.00. The molecule has 1 aliphatic heterocycles. The molecule has 5 nitrogen and oxygen atoms in total. The maximum atomic E-state index is 4.26. The first kappa shape index (κ1) is 14.5. The van der Waals surface area contributed by atoms with Crippen molar-refractivity contribution in [2.24, 2.45) is 0 Å². The minimum atomic E-state index is 0.483. The molecule has 0 amide bonds. The Morgan fingerprint density at radius 1 is 1.33 bits per heavy atom. The Hall–Kier alpha value is -1.46. The molecule has 2 atom stereocenters. The average molecular weight is 287 g/mol. The Morgan fingerprint density at radius 3 is 3.24 bits per heavy atom. The second-order valence-electron chi connectivity index (χ2n) is 6.06. The third-order valence-electron chi connectivity index (χ3n) is 4.29. The first-order valence-electron chi connectivity index (χ1n) is 8.08. The standard InChI is InChI=1S/C16H25N5/c1-13(11-14-7-3-2-5-9-17-14)18-12-16-20-19-15-8-4-6-10-21(15)16/h4,6,8,10,13-14,17-18H,2-3,5,7,9,11-12H2,1H3. The smallest absolute Gasteiger partial charge is 0.160 e. The summed E-state index contributed by atoms with van der Waals surface area (Å²) < 4.78 is 2.05. The summed E-state index contributed by atoms with van der Waals surface area (Å²) in [5.74, 6) is 0.978. The third kappa shape index (κ3) is 3.80. The number of aromatic nitrogens is 3. The van der Waals surface area contributed by atoms with Gasteiger partial charge in [0.1, 0.15) is 0 Å². The summed E-state index contributed by atoms with van der Waals surface area (Å²) in [4.78, 5) is 0. The number of rotatable bonds is 5. The Labute approximate surface area is 126 Å². The van der Waals surface area contributed by atoms with Gasteiger partial charge in [0.05, 0.1) is 6.54 Å². The van der Waals surface area contributed by atoms with E-state index in [1.807, 2.05) is 28.8 Å². The minimum absolute atomic E-state index is 0.483. The normalized spacial score (nSPS) is 21.3. The highest BCUT2D eigenvalue weighted by Gasteiger charge is 2.15. The van der Waals surface area contributed by atoms with Gasteiger partial charge in [-0.25, -0.2) is 0 Å². The van der Waals surface area contributed by atoms with Crippen molar-refractivity contribution >= 4 is 5.65 Å². The first-order chi connectivity index (χ1) is 10.3. The second-order valence-corrected chi connectivity index (χ2v) is 6.06. The zero-order valence-electron chi connectivity index (χ0n) is 12.8. The summed E-state index contributed by atoms with van der Waals surface area (Å²) >= 11 is 0. The number of nitrogens with one attached hydrogen (secondary N) is 2. The summed E-state index contributed by atoms with van der Waals surface area (Å²) in [5, 5.41) is 15.7. The molecule has 2 unspecified atom stereocenters. The van der Waals surface area contributed by atoms with Crippen LogP contribution in [0.3, 0.4) is 0 Å². The van der Waals surface area contributed by atoms with Gasteiger partial charge in [0, 0.05) is 18.3 Å². The fraction of sp³-hybridized carbons (Fsp3) is 0.625. The van der Waals surface area contributed by atoms with Crippen LogP contribution >= 0.6 is 0 Å². The summed E-state index contributed by atoms with van der Waals surface area (Å²) in [6.07, 6.45) is 8.56. The molecule has 2 aromatic heterocycles. The average Bonchev–Trinajstić information content (AvgIpc) is 2.74. The largest absolute Gasteiger partial charge is 0.314 e. The molecule has 3 rings (SSSR count). The van der Waals surface area contributed by atoms with E-state index in [-0.39, 0.29) is 0 Å². The number of pyridine rings is 1. The number of fused-ring (bicyclic) bond motifs is 1. The quantitative estimate of drug-likeness (QED) is 0.884. The van der Waals surface area contributed by atoms with Gasteiger partial charge in [-0.2, -0.15) is 0 Å². The van der Waals surface area contributed by atoms with E-state index >= 15 is 0 Å². The van der Waals surface area contributed by atoms with Gasteiger partial charge >= 0.3 is 0 Å². The highest BCUT2D eigenvalue weighted by atomic mass is 15.3. The molecular formula is C16H25N5. The van der Waals surface area contributed by atoms with E-state index in [1.165, 1.54) is 38.6 Å². The Kier molecular flexibility index (Phi) is 4.83. The van der Waals surface area contributed by atoms with Crippen LogP contribution in [-0.4, -0.2) is 33.2 Å². The van der Waals surface area contributed by atoms with Crippen LogP contribution in [-0.2, 0) is 6.54 Å². The van der Waals surface area contributed by atoms with Gasteiger partial charge in [-0.3, -0.25) is 4.40 Å². The number of hydrogen-bond donors (Lipinski definition) is 2. The van der Waals surface area contributed by atoms with Gasteiger partial charge in [0.15, 0.2) is 11.5 Å². The van der Waals surface area contributed by atoms with Crippen LogP contribution in [0, 0.1) is 0 Å². The number of nitrogens with zero attached hydrogens (tertiary/aromatic N) is 3. The lowest BCUT2D eigenvalue weighted by Crippen LogP contribution is -2.36. The molecule has 2 N–H and O–H groups in total. The topological polar surface area (TPSA) is 54.2 Å². The molecule has 3 heterocycles. The van der Waals surface area contributed by atoms with Crippen LogP contribution in [0.25, 0.3) is 5.65 Å². The van der Waals surface area contributed by atoms with Crippen LogP contribution in [0.2, 0.25) is 0 Å². The molecule has 5 heteroatoms. The van der Waals surface area contributed by atoms with Gasteiger partial charge < -0.3 is 10.6 Å². The third-order valence-corrected chi connectivity index (χ3v) is 4.29. The summed E-state index contributed by atoms with van der Waals surface area (Å²) in [7, 11) is 0. The predicted molar refractivity (Wildman–Crippen MR) is 84.2 cm³/mol. The minimum Gasteiger partial charge on any atom is -0.314 e. The van der Waals surface area contributed by atoms with E-state index in [0.717, 1.165) is 18.0 Å². The van der Waals surface area contributed by atoms with Crippen molar-refractivity contribution in [1.29, 1.82) is 0 Å². The Morgan fingerprint density at radius 2 is 2.29 bits per heavy atom. The van der Waals surface area contributed by atoms with Crippen molar-refractivity contribution in [1.82, 2.24) is 25.2 Å². The predicted octanol–water partition coefficient (Wildman–Crippen LogP) is 2.13. The molecule has 1 saturated heterocycles. The lowest BCUT2D eigenvalue weighted by Gasteiger charge is -2.21. The molecule has 114 valence electrons. The molecule has 1 aliphatic rings. The molecule has 0 aliphatic carbocycles. The molecule has 1 fully saturated rings. The Balaban J connectivity index is 1.52. The van der Waals surface area contributed by atoms with Crippen molar-refractivity contribution in [2.75, 3.05) is 6.54 Å². The van der Waals surface area contributed by atoms with Crippen LogP contribution in [0.4, 0.5) is 0 Å². The van der Waals surface area contributed by atoms with E-state index in [0.29, 0.717) is 12.1 Å². The molecule has 2 aromatic rings. The van der Waals surface area contributed by atoms with E-state index < -0.39 is 0 Å². The molecule has 0 radical (unpaired) electrons. The molecule has 0 spiro atoms. The Bertz CT molecular complexity index is 557. The lowest BCUT2D eigenvalue weighted by molar-refractivity contribution is 0.399. The van der Waals surface area contributed by atoms with Gasteiger partial charge in [-0.1, -0.05) is 18.9 Å². The van der Waals surface area contributed by atoms with E-state index in [4.69, 9.17) is 0 Å². The molecular weight excluding hydrogens is 262 g/mol. The van der Waals surface area contributed by atoms with Gasteiger partial charge in [0.25, 0.3) is 0 Å². The lowest BCUT2D eigenvalue weighted by atomic mass is 10.0. The van der Waals surface area contributed by atoms with Crippen molar-refractivity contribution in [3.05, 3.63) is 30.2 Å². The summed E-state index contributed by atoms with van der Waals surface area (Å²) in [6.45, 7) is 4.20. The van der Waals surface area contributed by atoms with Crippen molar-refractivity contribution < 1.29 is 0 Å². The molecule has 0 bridgehead atoms. The zero-order chi connectivity index (χ0) is 14.5. The monoisotopic (exact) mass is 287 g/mol. The first-order valence-corrected chi connectivity index (χ1v) is 8.08. The zero-order valence-corrected chi connectivity index (χ0v) is 12.8. The summed E-state index contributed by atoms with van der Waals surface area (Å²) in [6, 6.07) is 7.12. The highest BCUT2D eigenvalue weighted by molar-refractivity contribution is 5.36. The maximum absolute atomic E-state index is 4.26. The number of hydrogen-bond acceptors (Lipinski definition) is 4. The van der Waals surface area contributed by atoms with Crippen molar-refractivity contribution in [2.45, 2.75) is 57.7 Å². The molecule has 21 heavy (non-hydrogen) atoms.